The maximum Gasteiger partial charge on any atom is 0.241 e. The van der Waals surface area contributed by atoms with Crippen molar-refractivity contribution in [3.8, 4) is 23.0 Å². The summed E-state index contributed by atoms with van der Waals surface area (Å²) in [5, 5.41) is 10.9. The van der Waals surface area contributed by atoms with E-state index in [4.69, 9.17) is 10.2 Å². The first-order valence-electron chi connectivity index (χ1n) is 11.9. The van der Waals surface area contributed by atoms with Gasteiger partial charge < -0.3 is 0 Å². The third-order valence-electron chi connectivity index (χ3n) is 6.65. The number of allylic oxidation sites excluding steroid dienone is 1. The highest BCUT2D eigenvalue weighted by Gasteiger charge is 2.24. The zero-order valence-corrected chi connectivity index (χ0v) is 20.1. The van der Waals surface area contributed by atoms with E-state index >= 15 is 0 Å². The number of benzene rings is 3. The SMILES string of the molecule is Cc1cc(C)cc(-c2nnc(-n3c4c(c5ccccc53)CCC=C4)n2-c2cc(C)cc(C)c2)c1. The van der Waals surface area contributed by atoms with Crippen LogP contribution in [0.15, 0.2) is 66.7 Å². The van der Waals surface area contributed by atoms with E-state index in [9.17, 15) is 0 Å². The molecular formula is C30H28N4. The molecule has 0 bridgehead atoms. The van der Waals surface area contributed by atoms with Crippen molar-refractivity contribution in [1.29, 1.82) is 0 Å². The number of rotatable bonds is 3. The quantitative estimate of drug-likeness (QED) is 0.298. The van der Waals surface area contributed by atoms with Crippen LogP contribution >= 0.6 is 0 Å². The number of hydrogen-bond acceptors (Lipinski definition) is 2. The van der Waals surface area contributed by atoms with Crippen molar-refractivity contribution in [2.45, 2.75) is 40.5 Å². The van der Waals surface area contributed by atoms with Gasteiger partial charge in [0.05, 0.1) is 16.9 Å². The Hall–Kier alpha value is -3.92. The zero-order valence-electron chi connectivity index (χ0n) is 20.1. The van der Waals surface area contributed by atoms with Gasteiger partial charge in [-0.3, -0.25) is 9.13 Å². The summed E-state index contributed by atoms with van der Waals surface area (Å²) in [6.07, 6.45) is 6.62. The minimum atomic E-state index is 0.822. The third-order valence-corrected chi connectivity index (χ3v) is 6.65. The van der Waals surface area contributed by atoms with Gasteiger partial charge in [0.15, 0.2) is 5.82 Å². The van der Waals surface area contributed by atoms with Gasteiger partial charge in [-0.25, -0.2) is 0 Å². The van der Waals surface area contributed by atoms with Crippen LogP contribution < -0.4 is 0 Å². The fourth-order valence-electron chi connectivity index (χ4n) is 5.43. The van der Waals surface area contributed by atoms with Gasteiger partial charge in [0.25, 0.3) is 0 Å². The van der Waals surface area contributed by atoms with Crippen molar-refractivity contribution in [3.05, 3.63) is 100 Å². The summed E-state index contributed by atoms with van der Waals surface area (Å²) in [6, 6.07) is 21.9. The molecule has 0 amide bonds. The molecule has 168 valence electrons. The summed E-state index contributed by atoms with van der Waals surface area (Å²) in [5.41, 5.74) is 10.8. The third kappa shape index (κ3) is 3.29. The first-order valence-corrected chi connectivity index (χ1v) is 11.9. The summed E-state index contributed by atoms with van der Waals surface area (Å²) in [6.45, 7) is 8.56. The fraction of sp³-hybridized carbons (Fsp3) is 0.200. The second-order valence-electron chi connectivity index (χ2n) is 9.54. The first-order chi connectivity index (χ1) is 16.5. The van der Waals surface area contributed by atoms with Crippen LogP contribution in [0, 0.1) is 27.7 Å². The number of aryl methyl sites for hydroxylation is 5. The molecular weight excluding hydrogens is 416 g/mol. The van der Waals surface area contributed by atoms with E-state index < -0.39 is 0 Å². The Balaban J connectivity index is 1.72. The zero-order chi connectivity index (χ0) is 23.4. The molecule has 0 atom stereocenters. The predicted octanol–water partition coefficient (Wildman–Crippen LogP) is 7.07. The summed E-state index contributed by atoms with van der Waals surface area (Å²) >= 11 is 0. The Labute approximate surface area is 200 Å². The van der Waals surface area contributed by atoms with Gasteiger partial charge in [0.1, 0.15) is 0 Å². The Morgan fingerprint density at radius 2 is 1.41 bits per heavy atom. The lowest BCUT2D eigenvalue weighted by molar-refractivity contribution is 0.885. The van der Waals surface area contributed by atoms with Crippen molar-refractivity contribution in [2.75, 3.05) is 0 Å². The molecule has 34 heavy (non-hydrogen) atoms. The number of nitrogens with zero attached hydrogens (tertiary/aromatic N) is 4. The molecule has 0 aliphatic heterocycles. The van der Waals surface area contributed by atoms with Crippen LogP contribution in [0.3, 0.4) is 0 Å². The molecule has 4 heteroatoms. The van der Waals surface area contributed by atoms with E-state index in [1.54, 1.807) is 0 Å². The van der Waals surface area contributed by atoms with Crippen LogP contribution in [0.2, 0.25) is 0 Å². The lowest BCUT2D eigenvalue weighted by Gasteiger charge is -2.16. The van der Waals surface area contributed by atoms with E-state index in [0.717, 1.165) is 35.9 Å². The molecule has 0 saturated heterocycles. The summed E-state index contributed by atoms with van der Waals surface area (Å²) < 4.78 is 4.51. The molecule has 3 aromatic carbocycles. The molecule has 6 rings (SSSR count). The topological polar surface area (TPSA) is 35.6 Å². The van der Waals surface area contributed by atoms with Gasteiger partial charge in [-0.05, 0) is 93.6 Å². The summed E-state index contributed by atoms with van der Waals surface area (Å²) in [7, 11) is 0. The van der Waals surface area contributed by atoms with Crippen molar-refractivity contribution < 1.29 is 0 Å². The van der Waals surface area contributed by atoms with Crippen LogP contribution in [-0.4, -0.2) is 19.3 Å². The number of para-hydroxylation sites is 1. The molecule has 1 aliphatic carbocycles. The molecule has 2 aromatic heterocycles. The smallest absolute Gasteiger partial charge is 0.241 e. The second kappa shape index (κ2) is 7.84. The van der Waals surface area contributed by atoms with Crippen molar-refractivity contribution in [3.63, 3.8) is 0 Å². The van der Waals surface area contributed by atoms with Crippen molar-refractivity contribution in [2.24, 2.45) is 0 Å². The Bertz CT molecular complexity index is 1560. The van der Waals surface area contributed by atoms with Crippen molar-refractivity contribution >= 4 is 17.0 Å². The molecule has 0 N–H and O–H groups in total. The summed E-state index contributed by atoms with van der Waals surface area (Å²) in [4.78, 5) is 0. The largest absolute Gasteiger partial charge is 0.278 e. The van der Waals surface area contributed by atoms with E-state index in [0.29, 0.717) is 0 Å². The summed E-state index contributed by atoms with van der Waals surface area (Å²) in [5.74, 6) is 1.68. The van der Waals surface area contributed by atoms with Gasteiger partial charge in [-0.1, -0.05) is 47.5 Å². The average Bonchev–Trinajstić information content (AvgIpc) is 3.37. The monoisotopic (exact) mass is 444 g/mol. The van der Waals surface area contributed by atoms with Crippen molar-refractivity contribution in [1.82, 2.24) is 19.3 Å². The molecule has 4 nitrogen and oxygen atoms in total. The highest BCUT2D eigenvalue weighted by molar-refractivity contribution is 5.90. The van der Waals surface area contributed by atoms with Gasteiger partial charge in [0.2, 0.25) is 5.95 Å². The molecule has 0 fully saturated rings. The Morgan fingerprint density at radius 1 is 0.735 bits per heavy atom. The van der Waals surface area contributed by atoms with Gasteiger partial charge in [0, 0.05) is 10.9 Å². The fourth-order valence-corrected chi connectivity index (χ4v) is 5.43. The maximum atomic E-state index is 4.83. The molecule has 1 aliphatic rings. The number of fused-ring (bicyclic) bond motifs is 3. The lowest BCUT2D eigenvalue weighted by atomic mass is 10.0. The molecule has 0 saturated carbocycles. The normalized spacial score (nSPS) is 12.9. The van der Waals surface area contributed by atoms with Crippen LogP contribution in [0.1, 0.15) is 39.9 Å². The maximum absolute atomic E-state index is 4.83. The van der Waals surface area contributed by atoms with Crippen LogP contribution in [0.5, 0.6) is 0 Å². The second-order valence-corrected chi connectivity index (χ2v) is 9.54. The number of aromatic nitrogens is 4. The minimum absolute atomic E-state index is 0.822. The standard InChI is InChI=1S/C30H28N4/c1-19-13-20(2)16-23(15-19)29-31-32-30(33(29)24-17-21(3)14-22(4)18-24)34-27-11-7-5-9-25(27)26-10-6-8-12-28(26)34/h5,7-9,11-18H,6,10H2,1-4H3. The highest BCUT2D eigenvalue weighted by atomic mass is 15.4. The van der Waals surface area contributed by atoms with Gasteiger partial charge in [-0.15, -0.1) is 10.2 Å². The van der Waals surface area contributed by atoms with E-state index in [2.05, 4.69) is 110 Å². The van der Waals surface area contributed by atoms with E-state index in [1.807, 2.05) is 0 Å². The van der Waals surface area contributed by atoms with E-state index in [-0.39, 0.29) is 0 Å². The Kier molecular flexibility index (Phi) is 4.77. The van der Waals surface area contributed by atoms with Crippen LogP contribution in [0.25, 0.3) is 40.0 Å². The first kappa shape index (κ1) is 20.7. The molecule has 0 radical (unpaired) electrons. The molecule has 2 heterocycles. The van der Waals surface area contributed by atoms with E-state index in [1.165, 1.54) is 44.4 Å². The molecule has 0 unspecified atom stereocenters. The average molecular weight is 445 g/mol. The minimum Gasteiger partial charge on any atom is -0.278 e. The van der Waals surface area contributed by atoms with Crippen LogP contribution in [0.4, 0.5) is 0 Å². The number of hydrogen-bond donors (Lipinski definition) is 0. The van der Waals surface area contributed by atoms with Crippen LogP contribution in [-0.2, 0) is 6.42 Å². The predicted molar refractivity (Wildman–Crippen MR) is 140 cm³/mol. The molecule has 5 aromatic rings. The van der Waals surface area contributed by atoms with Gasteiger partial charge >= 0.3 is 0 Å². The molecule has 0 spiro atoms. The Morgan fingerprint density at radius 3 is 2.15 bits per heavy atom. The lowest BCUT2D eigenvalue weighted by Crippen LogP contribution is -2.09. The highest BCUT2D eigenvalue weighted by Crippen LogP contribution is 2.35. The van der Waals surface area contributed by atoms with Gasteiger partial charge in [-0.2, -0.15) is 0 Å².